The van der Waals surface area contributed by atoms with Crippen LogP contribution in [0.1, 0.15) is 25.3 Å². The monoisotopic (exact) mass is 284 g/mol. The number of nitrogens with one attached hydrogen (secondary N) is 1. The molecule has 19 heavy (non-hydrogen) atoms. The van der Waals surface area contributed by atoms with Gasteiger partial charge in [0.2, 0.25) is 5.91 Å². The van der Waals surface area contributed by atoms with Crippen LogP contribution in [0.4, 0.5) is 5.69 Å². The second kappa shape index (κ2) is 7.48. The lowest BCUT2D eigenvalue weighted by atomic mass is 10.2. The lowest BCUT2D eigenvalue weighted by molar-refractivity contribution is -0.117. The number of amides is 1. The van der Waals surface area contributed by atoms with E-state index in [1.807, 2.05) is 24.3 Å². The van der Waals surface area contributed by atoms with Crippen molar-refractivity contribution in [2.75, 3.05) is 11.9 Å². The Kier molecular flexibility index (Phi) is 6.28. The van der Waals surface area contributed by atoms with E-state index >= 15 is 0 Å². The Hall–Kier alpha value is -1.10. The number of nitrogens with two attached hydrogens (primary N) is 1. The van der Waals surface area contributed by atoms with Gasteiger partial charge in [0.05, 0.1) is 12.6 Å². The van der Waals surface area contributed by atoms with Crippen molar-refractivity contribution in [2.24, 2.45) is 11.7 Å². The zero-order valence-electron chi connectivity index (χ0n) is 11.1. The summed E-state index contributed by atoms with van der Waals surface area (Å²) in [5.74, 6) is 0.594. The van der Waals surface area contributed by atoms with E-state index in [2.05, 4.69) is 5.32 Å². The highest BCUT2D eigenvalue weighted by atomic mass is 35.5. The third-order valence-electron chi connectivity index (χ3n) is 2.93. The predicted octanol–water partition coefficient (Wildman–Crippen LogP) is 2.32. The molecule has 1 fully saturated rings. The van der Waals surface area contributed by atoms with E-state index in [0.29, 0.717) is 6.61 Å². The van der Waals surface area contributed by atoms with Crippen LogP contribution >= 0.6 is 12.4 Å². The number of ether oxygens (including phenoxy) is 1. The summed E-state index contributed by atoms with van der Waals surface area (Å²) in [7, 11) is 0. The van der Waals surface area contributed by atoms with E-state index in [-0.39, 0.29) is 18.3 Å². The Labute approximate surface area is 120 Å². The van der Waals surface area contributed by atoms with Crippen molar-refractivity contribution in [2.45, 2.75) is 32.4 Å². The molecule has 0 spiro atoms. The molecule has 106 valence electrons. The van der Waals surface area contributed by atoms with Gasteiger partial charge in [0.1, 0.15) is 0 Å². The summed E-state index contributed by atoms with van der Waals surface area (Å²) in [4.78, 5) is 11.5. The second-order valence-corrected chi connectivity index (χ2v) is 4.94. The minimum atomic E-state index is -0.500. The molecule has 0 radical (unpaired) electrons. The van der Waals surface area contributed by atoms with Gasteiger partial charge in [-0.1, -0.05) is 12.1 Å². The maximum absolute atomic E-state index is 11.5. The molecule has 2 rings (SSSR count). The molecule has 1 amide bonds. The largest absolute Gasteiger partial charge is 0.376 e. The van der Waals surface area contributed by atoms with Gasteiger partial charge in [-0.3, -0.25) is 4.79 Å². The zero-order valence-corrected chi connectivity index (χ0v) is 11.9. The molecule has 3 N–H and O–H groups in total. The first kappa shape index (κ1) is 16.0. The van der Waals surface area contributed by atoms with Gasteiger partial charge in [-0.25, -0.2) is 0 Å². The molecule has 1 saturated carbocycles. The average molecular weight is 285 g/mol. The van der Waals surface area contributed by atoms with Gasteiger partial charge < -0.3 is 15.8 Å². The molecule has 1 aromatic carbocycles. The molecule has 0 unspecified atom stereocenters. The molecule has 1 aliphatic carbocycles. The summed E-state index contributed by atoms with van der Waals surface area (Å²) >= 11 is 0. The Morgan fingerprint density at radius 2 is 2.26 bits per heavy atom. The molecule has 1 aliphatic rings. The number of benzene rings is 1. The van der Waals surface area contributed by atoms with Crippen molar-refractivity contribution in [1.82, 2.24) is 0 Å². The minimum absolute atomic E-state index is 0. The highest BCUT2D eigenvalue weighted by molar-refractivity contribution is 5.94. The van der Waals surface area contributed by atoms with E-state index in [9.17, 15) is 4.79 Å². The molecular formula is C14H21ClN2O2. The summed E-state index contributed by atoms with van der Waals surface area (Å²) in [6.07, 6.45) is 2.59. The van der Waals surface area contributed by atoms with Crippen LogP contribution in [-0.2, 0) is 16.1 Å². The van der Waals surface area contributed by atoms with E-state index in [1.165, 1.54) is 12.8 Å². The third-order valence-corrected chi connectivity index (χ3v) is 2.93. The topological polar surface area (TPSA) is 64.4 Å². The number of carbonyl (C=O) groups excluding carboxylic acids is 1. The number of rotatable bonds is 6. The molecule has 0 saturated heterocycles. The molecule has 0 heterocycles. The van der Waals surface area contributed by atoms with Crippen molar-refractivity contribution in [3.63, 3.8) is 0 Å². The van der Waals surface area contributed by atoms with Crippen molar-refractivity contribution >= 4 is 24.0 Å². The summed E-state index contributed by atoms with van der Waals surface area (Å²) in [6.45, 7) is 3.10. The maximum atomic E-state index is 11.5. The fourth-order valence-electron chi connectivity index (χ4n) is 1.62. The minimum Gasteiger partial charge on any atom is -0.376 e. The third kappa shape index (κ3) is 5.59. The Morgan fingerprint density at radius 1 is 1.53 bits per heavy atom. The van der Waals surface area contributed by atoms with Gasteiger partial charge >= 0.3 is 0 Å². The fraction of sp³-hybridized carbons (Fsp3) is 0.500. The fourth-order valence-corrected chi connectivity index (χ4v) is 1.62. The maximum Gasteiger partial charge on any atom is 0.240 e. The summed E-state index contributed by atoms with van der Waals surface area (Å²) < 4.78 is 5.61. The highest BCUT2D eigenvalue weighted by Crippen LogP contribution is 2.29. The molecule has 0 aromatic heterocycles. The Bertz CT molecular complexity index is 420. The van der Waals surface area contributed by atoms with Gasteiger partial charge in [-0.2, -0.15) is 0 Å². The average Bonchev–Trinajstić information content (AvgIpc) is 3.13. The first-order valence-electron chi connectivity index (χ1n) is 6.38. The molecule has 0 aliphatic heterocycles. The molecule has 1 atom stereocenters. The number of hydrogen-bond donors (Lipinski definition) is 2. The van der Waals surface area contributed by atoms with Crippen LogP contribution in [0.2, 0.25) is 0 Å². The number of hydrogen-bond acceptors (Lipinski definition) is 3. The van der Waals surface area contributed by atoms with Crippen molar-refractivity contribution < 1.29 is 9.53 Å². The lowest BCUT2D eigenvalue weighted by Gasteiger charge is -2.09. The van der Waals surface area contributed by atoms with E-state index < -0.39 is 6.04 Å². The number of anilines is 1. The van der Waals surface area contributed by atoms with E-state index in [0.717, 1.165) is 23.8 Å². The molecular weight excluding hydrogens is 264 g/mol. The predicted molar refractivity (Wildman–Crippen MR) is 78.3 cm³/mol. The lowest BCUT2D eigenvalue weighted by Crippen LogP contribution is -2.32. The van der Waals surface area contributed by atoms with Crippen LogP contribution < -0.4 is 11.1 Å². The van der Waals surface area contributed by atoms with Crippen LogP contribution in [0.25, 0.3) is 0 Å². The Balaban J connectivity index is 0.00000180. The zero-order chi connectivity index (χ0) is 13.0. The Morgan fingerprint density at radius 3 is 2.89 bits per heavy atom. The second-order valence-electron chi connectivity index (χ2n) is 4.94. The van der Waals surface area contributed by atoms with Crippen molar-refractivity contribution in [3.05, 3.63) is 29.8 Å². The van der Waals surface area contributed by atoms with Gasteiger partial charge in [-0.05, 0) is 43.4 Å². The van der Waals surface area contributed by atoms with Crippen molar-refractivity contribution in [3.8, 4) is 0 Å². The van der Waals surface area contributed by atoms with Crippen LogP contribution in [0.3, 0.4) is 0 Å². The summed E-state index contributed by atoms with van der Waals surface area (Å²) in [6, 6.07) is 7.18. The van der Waals surface area contributed by atoms with Crippen LogP contribution in [-0.4, -0.2) is 18.6 Å². The van der Waals surface area contributed by atoms with Crippen molar-refractivity contribution in [1.29, 1.82) is 0 Å². The summed E-state index contributed by atoms with van der Waals surface area (Å²) in [5, 5.41) is 2.77. The first-order valence-corrected chi connectivity index (χ1v) is 6.38. The molecule has 4 nitrogen and oxygen atoms in total. The normalized spacial score (nSPS) is 15.5. The van der Waals surface area contributed by atoms with Gasteiger partial charge in [0, 0.05) is 12.3 Å². The molecule has 5 heteroatoms. The quantitative estimate of drug-likeness (QED) is 0.843. The van der Waals surface area contributed by atoms with Crippen LogP contribution in [0.5, 0.6) is 0 Å². The van der Waals surface area contributed by atoms with Crippen LogP contribution in [0.15, 0.2) is 24.3 Å². The van der Waals surface area contributed by atoms with Gasteiger partial charge in [0.15, 0.2) is 0 Å². The van der Waals surface area contributed by atoms with E-state index in [1.54, 1.807) is 6.92 Å². The molecule has 0 bridgehead atoms. The summed E-state index contributed by atoms with van der Waals surface area (Å²) in [5.41, 5.74) is 7.34. The smallest absolute Gasteiger partial charge is 0.240 e. The number of carbonyl (C=O) groups is 1. The SMILES string of the molecule is C[C@H](N)C(=O)Nc1cccc(COCC2CC2)c1.Cl. The number of halogens is 1. The highest BCUT2D eigenvalue weighted by Gasteiger charge is 2.21. The first-order chi connectivity index (χ1) is 8.65. The van der Waals surface area contributed by atoms with E-state index in [4.69, 9.17) is 10.5 Å². The van der Waals surface area contributed by atoms with Gasteiger partial charge in [0.25, 0.3) is 0 Å². The molecule has 1 aromatic rings. The van der Waals surface area contributed by atoms with Crippen LogP contribution in [0, 0.1) is 5.92 Å². The van der Waals surface area contributed by atoms with Gasteiger partial charge in [-0.15, -0.1) is 12.4 Å². The standard InChI is InChI=1S/C14H20N2O2.ClH/c1-10(15)14(17)16-13-4-2-3-12(7-13)9-18-8-11-5-6-11;/h2-4,7,10-11H,5-6,8-9,15H2,1H3,(H,16,17);1H/t10-;/m0./s1.